The number of aliphatic hydroxyl groups is 1. The minimum atomic E-state index is -0.358. The number of aliphatic hydroxyl groups excluding tert-OH is 1. The molecular weight excluding hydrogens is 310 g/mol. The normalized spacial score (nSPS) is 16.9. The summed E-state index contributed by atoms with van der Waals surface area (Å²) in [5, 5.41) is 14.8. The van der Waals surface area contributed by atoms with Crippen molar-refractivity contribution in [3.8, 4) is 0 Å². The standard InChI is InChI=1S/C17H19N3O4/c21-11-14-6-2-8-20(14)17(23)19-13-5-1-4-12(10-13)18-16(22)15-7-3-9-24-15/h1,3-5,7,9-10,14,21H,2,6,8,11H2,(H,18,22)(H,19,23)/t14-/m0/s1. The van der Waals surface area contributed by atoms with Gasteiger partial charge in [-0.2, -0.15) is 0 Å². The van der Waals surface area contributed by atoms with Crippen molar-refractivity contribution in [2.45, 2.75) is 18.9 Å². The van der Waals surface area contributed by atoms with Crippen molar-refractivity contribution in [2.24, 2.45) is 0 Å². The molecule has 1 saturated heterocycles. The minimum Gasteiger partial charge on any atom is -0.459 e. The minimum absolute atomic E-state index is 0.0351. The molecule has 0 spiro atoms. The molecule has 126 valence electrons. The van der Waals surface area contributed by atoms with Crippen molar-refractivity contribution in [3.05, 3.63) is 48.4 Å². The molecule has 1 fully saturated rings. The molecule has 3 rings (SSSR count). The first kappa shape index (κ1) is 16.1. The molecule has 7 nitrogen and oxygen atoms in total. The highest BCUT2D eigenvalue weighted by Crippen LogP contribution is 2.20. The SMILES string of the molecule is O=C(Nc1cccc(NC(=O)N2CCC[C@H]2CO)c1)c1ccco1. The van der Waals surface area contributed by atoms with E-state index in [1.165, 1.54) is 6.26 Å². The van der Waals surface area contributed by atoms with Gasteiger partial charge in [-0.15, -0.1) is 0 Å². The zero-order valence-electron chi connectivity index (χ0n) is 13.1. The first-order valence-corrected chi connectivity index (χ1v) is 7.81. The van der Waals surface area contributed by atoms with Gasteiger partial charge in [0.2, 0.25) is 0 Å². The van der Waals surface area contributed by atoms with E-state index in [9.17, 15) is 14.7 Å². The van der Waals surface area contributed by atoms with Crippen LogP contribution in [0.25, 0.3) is 0 Å². The molecule has 0 bridgehead atoms. The molecule has 1 aliphatic heterocycles. The van der Waals surface area contributed by atoms with Crippen molar-refractivity contribution in [1.82, 2.24) is 4.90 Å². The maximum absolute atomic E-state index is 12.3. The van der Waals surface area contributed by atoms with Crippen molar-refractivity contribution in [2.75, 3.05) is 23.8 Å². The van der Waals surface area contributed by atoms with Crippen molar-refractivity contribution >= 4 is 23.3 Å². The quantitative estimate of drug-likeness (QED) is 0.803. The molecule has 1 aliphatic rings. The number of amides is 3. The fourth-order valence-corrected chi connectivity index (χ4v) is 2.76. The summed E-state index contributed by atoms with van der Waals surface area (Å²) >= 11 is 0. The predicted molar refractivity (Wildman–Crippen MR) is 88.9 cm³/mol. The van der Waals surface area contributed by atoms with Gasteiger partial charge in [0, 0.05) is 17.9 Å². The zero-order chi connectivity index (χ0) is 16.9. The lowest BCUT2D eigenvalue weighted by Crippen LogP contribution is -2.40. The first-order valence-electron chi connectivity index (χ1n) is 7.81. The van der Waals surface area contributed by atoms with Crippen LogP contribution in [0.1, 0.15) is 23.4 Å². The summed E-state index contributed by atoms with van der Waals surface area (Å²) in [7, 11) is 0. The Bertz CT molecular complexity index is 714. The Hall–Kier alpha value is -2.80. The predicted octanol–water partition coefficient (Wildman–Crippen LogP) is 2.52. The Balaban J connectivity index is 1.65. The Morgan fingerprint density at radius 3 is 2.71 bits per heavy atom. The van der Waals surface area contributed by atoms with E-state index in [4.69, 9.17) is 4.42 Å². The number of hydrogen-bond acceptors (Lipinski definition) is 4. The van der Waals surface area contributed by atoms with Gasteiger partial charge in [0.05, 0.1) is 18.9 Å². The molecule has 0 unspecified atom stereocenters. The Morgan fingerprint density at radius 2 is 2.00 bits per heavy atom. The van der Waals surface area contributed by atoms with Gasteiger partial charge in [0.1, 0.15) is 0 Å². The molecule has 0 saturated carbocycles. The molecule has 1 atom stereocenters. The van der Waals surface area contributed by atoms with E-state index in [2.05, 4.69) is 10.6 Å². The number of anilines is 2. The number of rotatable bonds is 4. The molecule has 0 radical (unpaired) electrons. The second kappa shape index (κ2) is 7.18. The molecule has 3 amide bonds. The van der Waals surface area contributed by atoms with E-state index in [0.717, 1.165) is 12.8 Å². The third-order valence-electron chi connectivity index (χ3n) is 3.97. The van der Waals surface area contributed by atoms with Crippen LogP contribution in [-0.4, -0.2) is 41.1 Å². The average molecular weight is 329 g/mol. The number of urea groups is 1. The Kier molecular flexibility index (Phi) is 4.81. The van der Waals surface area contributed by atoms with Gasteiger partial charge in [0.25, 0.3) is 5.91 Å². The van der Waals surface area contributed by atoms with Crippen LogP contribution in [0.2, 0.25) is 0 Å². The maximum Gasteiger partial charge on any atom is 0.322 e. The number of benzene rings is 1. The number of likely N-dealkylation sites (tertiary alicyclic amines) is 1. The van der Waals surface area contributed by atoms with Crippen LogP contribution >= 0.6 is 0 Å². The summed E-state index contributed by atoms with van der Waals surface area (Å²) in [6.07, 6.45) is 3.13. The largest absolute Gasteiger partial charge is 0.459 e. The average Bonchev–Trinajstić information content (AvgIpc) is 3.26. The number of furan rings is 1. The van der Waals surface area contributed by atoms with E-state index in [1.54, 1.807) is 41.3 Å². The van der Waals surface area contributed by atoms with Crippen LogP contribution in [0.15, 0.2) is 47.1 Å². The van der Waals surface area contributed by atoms with Crippen molar-refractivity contribution < 1.29 is 19.1 Å². The molecular formula is C17H19N3O4. The summed E-state index contributed by atoms with van der Waals surface area (Å²) in [5.74, 6) is -0.143. The van der Waals surface area contributed by atoms with Crippen molar-refractivity contribution in [3.63, 3.8) is 0 Å². The maximum atomic E-state index is 12.3. The first-order chi connectivity index (χ1) is 11.7. The molecule has 0 aliphatic carbocycles. The molecule has 7 heteroatoms. The van der Waals surface area contributed by atoms with E-state index in [0.29, 0.717) is 17.9 Å². The topological polar surface area (TPSA) is 94.8 Å². The van der Waals surface area contributed by atoms with Crippen molar-refractivity contribution in [1.29, 1.82) is 0 Å². The number of carbonyl (C=O) groups is 2. The Morgan fingerprint density at radius 1 is 1.21 bits per heavy atom. The van der Waals surface area contributed by atoms with Crippen LogP contribution in [0, 0.1) is 0 Å². The second-order valence-electron chi connectivity index (χ2n) is 5.61. The summed E-state index contributed by atoms with van der Waals surface area (Å²) < 4.78 is 5.04. The van der Waals surface area contributed by atoms with Gasteiger partial charge in [0.15, 0.2) is 5.76 Å². The van der Waals surface area contributed by atoms with Gasteiger partial charge < -0.3 is 25.1 Å². The highest BCUT2D eigenvalue weighted by molar-refractivity contribution is 6.02. The fraction of sp³-hybridized carbons (Fsp3) is 0.294. The summed E-state index contributed by atoms with van der Waals surface area (Å²) in [4.78, 5) is 25.9. The highest BCUT2D eigenvalue weighted by Gasteiger charge is 2.28. The molecule has 2 heterocycles. The van der Waals surface area contributed by atoms with Crippen LogP contribution in [0.3, 0.4) is 0 Å². The van der Waals surface area contributed by atoms with Gasteiger partial charge in [-0.3, -0.25) is 4.79 Å². The van der Waals surface area contributed by atoms with E-state index in [-0.39, 0.29) is 30.3 Å². The lowest BCUT2D eigenvalue weighted by molar-refractivity contribution is 0.0996. The number of nitrogens with zero attached hydrogens (tertiary/aromatic N) is 1. The van der Waals surface area contributed by atoms with E-state index < -0.39 is 0 Å². The number of hydrogen-bond donors (Lipinski definition) is 3. The molecule has 2 aromatic rings. The van der Waals surface area contributed by atoms with Crippen LogP contribution in [0.4, 0.5) is 16.2 Å². The van der Waals surface area contributed by atoms with Gasteiger partial charge in [-0.25, -0.2) is 4.79 Å². The van der Waals surface area contributed by atoms with Gasteiger partial charge in [-0.1, -0.05) is 6.07 Å². The second-order valence-corrected chi connectivity index (χ2v) is 5.61. The number of carbonyl (C=O) groups excluding carboxylic acids is 2. The summed E-state index contributed by atoms with van der Waals surface area (Å²) in [5.41, 5.74) is 1.12. The smallest absolute Gasteiger partial charge is 0.322 e. The Labute approximate surface area is 139 Å². The van der Waals surface area contributed by atoms with Gasteiger partial charge in [-0.05, 0) is 43.2 Å². The third-order valence-corrected chi connectivity index (χ3v) is 3.97. The van der Waals surface area contributed by atoms with Crippen LogP contribution in [0.5, 0.6) is 0 Å². The lowest BCUT2D eigenvalue weighted by Gasteiger charge is -2.23. The lowest BCUT2D eigenvalue weighted by atomic mass is 10.2. The highest BCUT2D eigenvalue weighted by atomic mass is 16.3. The summed E-state index contributed by atoms with van der Waals surface area (Å²) in [6, 6.07) is 9.70. The molecule has 1 aromatic heterocycles. The van der Waals surface area contributed by atoms with E-state index in [1.807, 2.05) is 0 Å². The monoisotopic (exact) mass is 329 g/mol. The van der Waals surface area contributed by atoms with Crippen LogP contribution < -0.4 is 10.6 Å². The summed E-state index contributed by atoms with van der Waals surface area (Å²) in [6.45, 7) is 0.596. The molecule has 3 N–H and O–H groups in total. The van der Waals surface area contributed by atoms with Crippen LogP contribution in [-0.2, 0) is 0 Å². The number of nitrogens with one attached hydrogen (secondary N) is 2. The van der Waals surface area contributed by atoms with E-state index >= 15 is 0 Å². The molecule has 24 heavy (non-hydrogen) atoms. The molecule has 1 aromatic carbocycles. The zero-order valence-corrected chi connectivity index (χ0v) is 13.1. The van der Waals surface area contributed by atoms with Gasteiger partial charge >= 0.3 is 6.03 Å². The third kappa shape index (κ3) is 3.57. The fourth-order valence-electron chi connectivity index (χ4n) is 2.76.